The maximum Gasteiger partial charge on any atom is 0.266 e. The van der Waals surface area contributed by atoms with Crippen LogP contribution in [0.2, 0.25) is 5.02 Å². The molecular formula is C18H15ClN2OS. The number of thiophene rings is 1. The summed E-state index contributed by atoms with van der Waals surface area (Å²) in [6, 6.07) is 12.1. The van der Waals surface area contributed by atoms with E-state index in [1.54, 1.807) is 12.4 Å². The fourth-order valence-corrected chi connectivity index (χ4v) is 4.19. The van der Waals surface area contributed by atoms with Gasteiger partial charge in [-0.2, -0.15) is 0 Å². The topological polar surface area (TPSA) is 33.2 Å². The maximum absolute atomic E-state index is 13.1. The number of hydrogen-bond acceptors (Lipinski definition) is 3. The predicted molar refractivity (Wildman–Crippen MR) is 94.0 cm³/mol. The molecule has 4 rings (SSSR count). The van der Waals surface area contributed by atoms with Crippen molar-refractivity contribution in [2.24, 2.45) is 0 Å². The zero-order chi connectivity index (χ0) is 15.8. The molecule has 2 heterocycles. The fraction of sp³-hybridized carbons (Fsp3) is 0.222. The Morgan fingerprint density at radius 3 is 2.65 bits per heavy atom. The summed E-state index contributed by atoms with van der Waals surface area (Å²) in [4.78, 5) is 19.7. The maximum atomic E-state index is 13.1. The van der Waals surface area contributed by atoms with Crippen LogP contribution in [-0.4, -0.2) is 21.8 Å². The lowest BCUT2D eigenvalue weighted by Crippen LogP contribution is -2.32. The molecule has 2 aromatic heterocycles. The van der Waals surface area contributed by atoms with Crippen LogP contribution < -0.4 is 0 Å². The SMILES string of the molecule is O=C(c1sc2ccccc2c1Cl)N(Cc1ccncc1)C1CC1. The number of fused-ring (bicyclic) bond motifs is 1. The van der Waals surface area contributed by atoms with Gasteiger partial charge in [-0.1, -0.05) is 29.8 Å². The average Bonchev–Trinajstić information content (AvgIpc) is 3.37. The van der Waals surface area contributed by atoms with E-state index in [4.69, 9.17) is 11.6 Å². The Morgan fingerprint density at radius 1 is 1.22 bits per heavy atom. The second-order valence-electron chi connectivity index (χ2n) is 5.76. The molecule has 0 atom stereocenters. The largest absolute Gasteiger partial charge is 0.331 e. The molecule has 3 aromatic rings. The number of hydrogen-bond donors (Lipinski definition) is 0. The molecule has 0 bridgehead atoms. The highest BCUT2D eigenvalue weighted by Gasteiger charge is 2.34. The third-order valence-electron chi connectivity index (χ3n) is 4.08. The molecule has 0 saturated heterocycles. The zero-order valence-electron chi connectivity index (χ0n) is 12.4. The van der Waals surface area contributed by atoms with E-state index in [9.17, 15) is 4.79 Å². The van der Waals surface area contributed by atoms with E-state index in [1.165, 1.54) is 11.3 Å². The molecule has 1 fully saturated rings. The Labute approximate surface area is 143 Å². The quantitative estimate of drug-likeness (QED) is 0.685. The number of rotatable bonds is 4. The van der Waals surface area contributed by atoms with Crippen LogP contribution in [0, 0.1) is 0 Å². The van der Waals surface area contributed by atoms with Gasteiger partial charge in [0.1, 0.15) is 4.88 Å². The Bertz CT molecular complexity index is 858. The van der Waals surface area contributed by atoms with Crippen molar-refractivity contribution in [2.45, 2.75) is 25.4 Å². The van der Waals surface area contributed by atoms with Gasteiger partial charge in [-0.15, -0.1) is 11.3 Å². The smallest absolute Gasteiger partial charge is 0.266 e. The summed E-state index contributed by atoms with van der Waals surface area (Å²) in [5.41, 5.74) is 1.09. The Balaban J connectivity index is 1.68. The van der Waals surface area contributed by atoms with Crippen LogP contribution in [0.25, 0.3) is 10.1 Å². The van der Waals surface area contributed by atoms with Crippen LogP contribution in [0.5, 0.6) is 0 Å². The van der Waals surface area contributed by atoms with E-state index >= 15 is 0 Å². The van der Waals surface area contributed by atoms with Crippen molar-refractivity contribution < 1.29 is 4.79 Å². The second kappa shape index (κ2) is 5.95. The molecule has 0 radical (unpaired) electrons. The number of amides is 1. The van der Waals surface area contributed by atoms with Crippen molar-refractivity contribution in [2.75, 3.05) is 0 Å². The monoisotopic (exact) mass is 342 g/mol. The van der Waals surface area contributed by atoms with Gasteiger partial charge in [0.25, 0.3) is 5.91 Å². The molecule has 0 unspecified atom stereocenters. The number of carbonyl (C=O) groups excluding carboxylic acids is 1. The number of benzene rings is 1. The summed E-state index contributed by atoms with van der Waals surface area (Å²) < 4.78 is 1.06. The van der Waals surface area contributed by atoms with E-state index in [1.807, 2.05) is 41.3 Å². The number of carbonyl (C=O) groups is 1. The van der Waals surface area contributed by atoms with E-state index in [2.05, 4.69) is 4.98 Å². The molecule has 1 aliphatic rings. The molecule has 116 valence electrons. The van der Waals surface area contributed by atoms with E-state index in [0.29, 0.717) is 22.5 Å². The van der Waals surface area contributed by atoms with Crippen molar-refractivity contribution in [3.8, 4) is 0 Å². The summed E-state index contributed by atoms with van der Waals surface area (Å²) in [7, 11) is 0. The normalized spacial score (nSPS) is 14.1. The lowest BCUT2D eigenvalue weighted by Gasteiger charge is -2.22. The highest BCUT2D eigenvalue weighted by atomic mass is 35.5. The van der Waals surface area contributed by atoms with Crippen LogP contribution >= 0.6 is 22.9 Å². The van der Waals surface area contributed by atoms with Crippen LogP contribution in [0.15, 0.2) is 48.8 Å². The highest BCUT2D eigenvalue weighted by Crippen LogP contribution is 2.38. The molecule has 1 saturated carbocycles. The molecule has 0 spiro atoms. The van der Waals surface area contributed by atoms with Gasteiger partial charge in [0.15, 0.2) is 0 Å². The molecule has 0 N–H and O–H groups in total. The van der Waals surface area contributed by atoms with Crippen molar-refractivity contribution in [3.63, 3.8) is 0 Å². The first kappa shape index (κ1) is 14.7. The van der Waals surface area contributed by atoms with Gasteiger partial charge < -0.3 is 4.90 Å². The van der Waals surface area contributed by atoms with Gasteiger partial charge in [-0.3, -0.25) is 9.78 Å². The minimum atomic E-state index is 0.0375. The lowest BCUT2D eigenvalue weighted by molar-refractivity contribution is 0.0735. The Hall–Kier alpha value is -1.91. The minimum Gasteiger partial charge on any atom is -0.331 e. The van der Waals surface area contributed by atoms with E-state index < -0.39 is 0 Å². The van der Waals surface area contributed by atoms with Crippen molar-refractivity contribution in [3.05, 3.63) is 64.3 Å². The van der Waals surface area contributed by atoms with Crippen LogP contribution in [-0.2, 0) is 6.54 Å². The van der Waals surface area contributed by atoms with Crippen LogP contribution in [0.3, 0.4) is 0 Å². The fourth-order valence-electron chi connectivity index (χ4n) is 2.72. The molecule has 1 amide bonds. The molecule has 0 aliphatic heterocycles. The summed E-state index contributed by atoms with van der Waals surface area (Å²) in [6.07, 6.45) is 5.66. The summed E-state index contributed by atoms with van der Waals surface area (Å²) >= 11 is 7.96. The Kier molecular flexibility index (Phi) is 3.79. The second-order valence-corrected chi connectivity index (χ2v) is 7.19. The summed E-state index contributed by atoms with van der Waals surface area (Å²) in [6.45, 7) is 0.608. The van der Waals surface area contributed by atoms with Crippen LogP contribution in [0.4, 0.5) is 0 Å². The molecule has 1 aromatic carbocycles. The molecular weight excluding hydrogens is 328 g/mol. The first-order chi connectivity index (χ1) is 11.2. The van der Waals surface area contributed by atoms with E-state index in [-0.39, 0.29) is 5.91 Å². The third kappa shape index (κ3) is 2.84. The first-order valence-electron chi connectivity index (χ1n) is 7.61. The number of nitrogens with zero attached hydrogens (tertiary/aromatic N) is 2. The predicted octanol–water partition coefficient (Wildman–Crippen LogP) is 4.75. The van der Waals surface area contributed by atoms with Gasteiger partial charge in [0.05, 0.1) is 5.02 Å². The number of aromatic nitrogens is 1. The molecule has 5 heteroatoms. The number of pyridine rings is 1. The van der Waals surface area contributed by atoms with Gasteiger partial charge in [0, 0.05) is 35.1 Å². The zero-order valence-corrected chi connectivity index (χ0v) is 14.0. The lowest BCUT2D eigenvalue weighted by atomic mass is 10.2. The highest BCUT2D eigenvalue weighted by molar-refractivity contribution is 7.21. The summed E-state index contributed by atoms with van der Waals surface area (Å²) in [5.74, 6) is 0.0375. The van der Waals surface area contributed by atoms with Gasteiger partial charge in [-0.05, 0) is 36.6 Å². The van der Waals surface area contributed by atoms with E-state index in [0.717, 1.165) is 28.5 Å². The van der Waals surface area contributed by atoms with Crippen molar-refractivity contribution in [1.29, 1.82) is 0 Å². The summed E-state index contributed by atoms with van der Waals surface area (Å²) in [5, 5.41) is 1.54. The third-order valence-corrected chi connectivity index (χ3v) is 5.74. The standard InChI is InChI=1S/C18H15ClN2OS/c19-16-14-3-1-2-4-15(14)23-17(16)18(22)21(13-5-6-13)11-12-7-9-20-10-8-12/h1-4,7-10,13H,5-6,11H2. The molecule has 23 heavy (non-hydrogen) atoms. The molecule has 3 nitrogen and oxygen atoms in total. The van der Waals surface area contributed by atoms with Gasteiger partial charge >= 0.3 is 0 Å². The molecule has 1 aliphatic carbocycles. The van der Waals surface area contributed by atoms with Crippen LogP contribution in [0.1, 0.15) is 28.1 Å². The van der Waals surface area contributed by atoms with Crippen molar-refractivity contribution >= 4 is 38.9 Å². The number of halogens is 1. The van der Waals surface area contributed by atoms with Gasteiger partial charge in [-0.25, -0.2) is 0 Å². The first-order valence-corrected chi connectivity index (χ1v) is 8.80. The van der Waals surface area contributed by atoms with Gasteiger partial charge in [0.2, 0.25) is 0 Å². The average molecular weight is 343 g/mol. The minimum absolute atomic E-state index is 0.0375. The Morgan fingerprint density at radius 2 is 1.96 bits per heavy atom. The van der Waals surface area contributed by atoms with Crippen molar-refractivity contribution in [1.82, 2.24) is 9.88 Å².